The van der Waals surface area contributed by atoms with Gasteiger partial charge in [0.2, 0.25) is 0 Å². The molecule has 1 rings (SSSR count). The third-order valence-corrected chi connectivity index (χ3v) is 4.61. The van der Waals surface area contributed by atoms with E-state index in [1.54, 1.807) is 32.5 Å². The third-order valence-electron chi connectivity index (χ3n) is 2.97. The van der Waals surface area contributed by atoms with Gasteiger partial charge in [0.15, 0.2) is 5.41 Å². The maximum Gasteiger partial charge on any atom is 0.324 e. The molecule has 1 atom stereocenters. The lowest BCUT2D eigenvalue weighted by Crippen LogP contribution is -2.46. The molecule has 1 aliphatic heterocycles. The first kappa shape index (κ1) is 14.4. The molecule has 0 N–H and O–H groups in total. The quantitative estimate of drug-likeness (QED) is 0.559. The van der Waals surface area contributed by atoms with Crippen LogP contribution in [-0.4, -0.2) is 36.2 Å². The highest BCUT2D eigenvalue weighted by atomic mass is 32.2. The Morgan fingerprint density at radius 3 is 2.12 bits per heavy atom. The number of esters is 2. The Hall–Kier alpha value is -0.710. The Morgan fingerprint density at radius 1 is 1.24 bits per heavy atom. The van der Waals surface area contributed by atoms with Crippen LogP contribution >= 0.6 is 11.8 Å². The van der Waals surface area contributed by atoms with E-state index in [4.69, 9.17) is 9.47 Å². The summed E-state index contributed by atoms with van der Waals surface area (Å²) < 4.78 is 10.1. The molecule has 5 heteroatoms. The first-order valence-corrected chi connectivity index (χ1v) is 7.08. The molecule has 0 spiro atoms. The van der Waals surface area contributed by atoms with Crippen LogP contribution in [0.15, 0.2) is 0 Å². The number of ether oxygens (including phenoxy) is 2. The predicted molar refractivity (Wildman–Crippen MR) is 66.9 cm³/mol. The lowest BCUT2D eigenvalue weighted by molar-refractivity contribution is -0.170. The Balaban J connectivity index is 2.89. The van der Waals surface area contributed by atoms with Gasteiger partial charge in [-0.1, -0.05) is 0 Å². The molecule has 0 amide bonds. The maximum absolute atomic E-state index is 12.0. The van der Waals surface area contributed by atoms with Crippen LogP contribution in [0.3, 0.4) is 0 Å². The van der Waals surface area contributed by atoms with Gasteiger partial charge in [-0.05, 0) is 39.4 Å². The molecule has 1 aliphatic rings. The molecule has 0 aromatic carbocycles. The first-order chi connectivity index (χ1) is 8.07. The fourth-order valence-corrected chi connectivity index (χ4v) is 3.42. The van der Waals surface area contributed by atoms with Crippen LogP contribution in [-0.2, 0) is 19.1 Å². The van der Waals surface area contributed by atoms with Crippen LogP contribution in [0.1, 0.15) is 33.6 Å². The van der Waals surface area contributed by atoms with E-state index in [-0.39, 0.29) is 18.5 Å². The van der Waals surface area contributed by atoms with E-state index in [9.17, 15) is 9.59 Å². The molecule has 0 aromatic rings. The second-order valence-corrected chi connectivity index (χ2v) is 5.46. The van der Waals surface area contributed by atoms with Gasteiger partial charge in [-0.3, -0.25) is 9.59 Å². The minimum absolute atomic E-state index is 0.0272. The third kappa shape index (κ3) is 2.94. The standard InChI is InChI=1S/C12H20O4S/c1-4-15-10(13)12(3,11(14)16-5-2)9-7-6-8-17-9/h9H,4-8H2,1-3H3. The summed E-state index contributed by atoms with van der Waals surface area (Å²) in [6.45, 7) is 5.69. The van der Waals surface area contributed by atoms with Gasteiger partial charge in [0, 0.05) is 5.25 Å². The fraction of sp³-hybridized carbons (Fsp3) is 0.833. The van der Waals surface area contributed by atoms with Gasteiger partial charge in [-0.15, -0.1) is 0 Å². The summed E-state index contributed by atoms with van der Waals surface area (Å²) in [5.41, 5.74) is -1.16. The van der Waals surface area contributed by atoms with E-state index in [2.05, 4.69) is 0 Å². The molecule has 1 saturated heterocycles. The van der Waals surface area contributed by atoms with E-state index in [1.807, 2.05) is 0 Å². The first-order valence-electron chi connectivity index (χ1n) is 6.03. The second kappa shape index (κ2) is 6.28. The summed E-state index contributed by atoms with van der Waals surface area (Å²) in [6, 6.07) is 0. The van der Waals surface area contributed by atoms with Crippen molar-refractivity contribution in [1.29, 1.82) is 0 Å². The van der Waals surface area contributed by atoms with E-state index in [0.717, 1.165) is 18.6 Å². The van der Waals surface area contributed by atoms with Gasteiger partial charge in [0.25, 0.3) is 0 Å². The van der Waals surface area contributed by atoms with Crippen molar-refractivity contribution in [2.75, 3.05) is 19.0 Å². The highest BCUT2D eigenvalue weighted by molar-refractivity contribution is 8.00. The SMILES string of the molecule is CCOC(=O)C(C)(C(=O)OCC)C1CCCS1. The highest BCUT2D eigenvalue weighted by Crippen LogP contribution is 2.41. The predicted octanol–water partition coefficient (Wildman–Crippen LogP) is 2.01. The molecule has 1 heterocycles. The van der Waals surface area contributed by atoms with E-state index < -0.39 is 17.4 Å². The van der Waals surface area contributed by atoms with E-state index in [1.165, 1.54) is 0 Å². The van der Waals surface area contributed by atoms with Crippen LogP contribution < -0.4 is 0 Å². The molecular formula is C12H20O4S. The van der Waals surface area contributed by atoms with Gasteiger partial charge >= 0.3 is 11.9 Å². The zero-order chi connectivity index (χ0) is 12.9. The van der Waals surface area contributed by atoms with E-state index in [0.29, 0.717) is 0 Å². The number of carbonyl (C=O) groups excluding carboxylic acids is 2. The maximum atomic E-state index is 12.0. The summed E-state index contributed by atoms with van der Waals surface area (Å²) in [4.78, 5) is 24.1. The van der Waals surface area contributed by atoms with Gasteiger partial charge in [0.05, 0.1) is 13.2 Å². The summed E-state index contributed by atoms with van der Waals surface area (Å²) in [5, 5.41) is -0.0272. The van der Waals surface area contributed by atoms with Crippen LogP contribution in [0.4, 0.5) is 0 Å². The number of rotatable bonds is 5. The normalized spacial score (nSPS) is 20.1. The molecule has 98 valence electrons. The second-order valence-electron chi connectivity index (χ2n) is 4.14. The van der Waals surface area contributed by atoms with Crippen molar-refractivity contribution in [3.05, 3.63) is 0 Å². The van der Waals surface area contributed by atoms with Gasteiger partial charge in [-0.2, -0.15) is 11.8 Å². The van der Waals surface area contributed by atoms with Gasteiger partial charge in [0.1, 0.15) is 0 Å². The summed E-state index contributed by atoms with van der Waals surface area (Å²) in [7, 11) is 0. The average Bonchev–Trinajstić information content (AvgIpc) is 2.82. The van der Waals surface area contributed by atoms with E-state index >= 15 is 0 Å². The average molecular weight is 260 g/mol. The van der Waals surface area contributed by atoms with Gasteiger partial charge < -0.3 is 9.47 Å². The summed E-state index contributed by atoms with van der Waals surface area (Å²) in [6.07, 6.45) is 1.89. The monoisotopic (exact) mass is 260 g/mol. The minimum Gasteiger partial charge on any atom is -0.465 e. The van der Waals surface area contributed by atoms with Crippen molar-refractivity contribution in [2.24, 2.45) is 5.41 Å². The number of hydrogen-bond donors (Lipinski definition) is 0. The van der Waals surface area contributed by atoms with Crippen LogP contribution in [0.2, 0.25) is 0 Å². The molecule has 17 heavy (non-hydrogen) atoms. The van der Waals surface area contributed by atoms with Crippen LogP contribution in [0.25, 0.3) is 0 Å². The smallest absolute Gasteiger partial charge is 0.324 e. The zero-order valence-corrected chi connectivity index (χ0v) is 11.5. The number of hydrogen-bond acceptors (Lipinski definition) is 5. The zero-order valence-electron chi connectivity index (χ0n) is 10.7. The number of thioether (sulfide) groups is 1. The van der Waals surface area contributed by atoms with Crippen molar-refractivity contribution in [1.82, 2.24) is 0 Å². The molecule has 4 nitrogen and oxygen atoms in total. The highest BCUT2D eigenvalue weighted by Gasteiger charge is 2.51. The largest absolute Gasteiger partial charge is 0.465 e. The van der Waals surface area contributed by atoms with Crippen molar-refractivity contribution >= 4 is 23.7 Å². The van der Waals surface area contributed by atoms with Crippen molar-refractivity contribution in [2.45, 2.75) is 38.9 Å². The Labute approximate surface area is 106 Å². The molecule has 0 aliphatic carbocycles. The molecule has 0 radical (unpaired) electrons. The molecular weight excluding hydrogens is 240 g/mol. The fourth-order valence-electron chi connectivity index (χ4n) is 1.94. The van der Waals surface area contributed by atoms with Gasteiger partial charge in [-0.25, -0.2) is 0 Å². The Bertz CT molecular complexity index is 266. The van der Waals surface area contributed by atoms with Crippen molar-refractivity contribution in [3.63, 3.8) is 0 Å². The van der Waals surface area contributed by atoms with Crippen LogP contribution in [0, 0.1) is 5.41 Å². The lowest BCUT2D eigenvalue weighted by Gasteiger charge is -2.29. The lowest BCUT2D eigenvalue weighted by atomic mass is 9.84. The topological polar surface area (TPSA) is 52.6 Å². The summed E-state index contributed by atoms with van der Waals surface area (Å²) >= 11 is 1.66. The molecule has 1 unspecified atom stereocenters. The van der Waals surface area contributed by atoms with Crippen LogP contribution in [0.5, 0.6) is 0 Å². The molecule has 0 bridgehead atoms. The minimum atomic E-state index is -1.16. The Kier molecular flexibility index (Phi) is 5.31. The molecule has 1 fully saturated rings. The number of carbonyl (C=O) groups is 2. The molecule has 0 saturated carbocycles. The Morgan fingerprint density at radius 2 is 1.76 bits per heavy atom. The van der Waals surface area contributed by atoms with Crippen molar-refractivity contribution in [3.8, 4) is 0 Å². The van der Waals surface area contributed by atoms with Crippen molar-refractivity contribution < 1.29 is 19.1 Å². The molecule has 0 aromatic heterocycles. The summed E-state index contributed by atoms with van der Waals surface area (Å²) in [5.74, 6) is 0.0645.